The Kier molecular flexibility index (Phi) is 12.2. The van der Waals surface area contributed by atoms with Crippen molar-refractivity contribution in [2.45, 2.75) is 84.3 Å². The zero-order chi connectivity index (χ0) is 28.2. The molecule has 0 aromatic heterocycles. The lowest BCUT2D eigenvalue weighted by Gasteiger charge is -2.44. The van der Waals surface area contributed by atoms with Crippen LogP contribution < -0.4 is 0 Å². The van der Waals surface area contributed by atoms with Gasteiger partial charge in [-0.25, -0.2) is 4.79 Å². The fourth-order valence-electron chi connectivity index (χ4n) is 3.88. The number of carbonyl (C=O) groups excluding carboxylic acids is 5. The Hall–Kier alpha value is -3.51. The summed E-state index contributed by atoms with van der Waals surface area (Å²) in [5, 5.41) is 0. The molecule has 0 radical (unpaired) electrons. The summed E-state index contributed by atoms with van der Waals surface area (Å²) >= 11 is 0. The molecule has 38 heavy (non-hydrogen) atoms. The van der Waals surface area contributed by atoms with Gasteiger partial charge in [0, 0.05) is 27.7 Å². The molecule has 0 aliphatic carbocycles. The van der Waals surface area contributed by atoms with Crippen LogP contribution in [0.25, 0.3) is 0 Å². The molecule has 0 spiro atoms. The summed E-state index contributed by atoms with van der Waals surface area (Å²) in [6, 6.07) is 9.34. The van der Waals surface area contributed by atoms with Crippen LogP contribution in [0.4, 0.5) is 0 Å². The van der Waals surface area contributed by atoms with Crippen LogP contribution in [0.15, 0.2) is 30.3 Å². The topological polar surface area (TPSA) is 150 Å². The number of hydrogen-bond donors (Lipinski definition) is 0. The Balaban J connectivity index is 2.43. The summed E-state index contributed by atoms with van der Waals surface area (Å²) in [6.45, 7) is 5.84. The molecule has 1 aromatic carbocycles. The fraction of sp³-hybridized carbons (Fsp3) is 0.577. The Morgan fingerprint density at radius 3 is 1.92 bits per heavy atom. The first-order chi connectivity index (χ1) is 18.0. The van der Waals surface area contributed by atoms with Crippen molar-refractivity contribution in [3.63, 3.8) is 0 Å². The Labute approximate surface area is 220 Å². The van der Waals surface area contributed by atoms with Gasteiger partial charge in [0.1, 0.15) is 12.7 Å². The maximum absolute atomic E-state index is 12.8. The van der Waals surface area contributed by atoms with Crippen molar-refractivity contribution in [1.82, 2.24) is 0 Å². The van der Waals surface area contributed by atoms with Crippen LogP contribution in [0, 0.1) is 0 Å². The second-order valence-electron chi connectivity index (χ2n) is 8.47. The normalized spacial score (nSPS) is 23.4. The third-order valence-corrected chi connectivity index (χ3v) is 5.33. The summed E-state index contributed by atoms with van der Waals surface area (Å²) in [6.07, 6.45) is -7.41. The summed E-state index contributed by atoms with van der Waals surface area (Å²) in [4.78, 5) is 60.1. The van der Waals surface area contributed by atoms with Gasteiger partial charge in [-0.05, 0) is 25.3 Å². The number of hydrogen-bond acceptors (Lipinski definition) is 12. The van der Waals surface area contributed by atoms with E-state index in [0.29, 0.717) is 6.42 Å². The van der Waals surface area contributed by atoms with Crippen LogP contribution in [0.3, 0.4) is 0 Å². The van der Waals surface area contributed by atoms with E-state index >= 15 is 0 Å². The molecule has 0 N–H and O–H groups in total. The van der Waals surface area contributed by atoms with Gasteiger partial charge in [-0.2, -0.15) is 0 Å². The van der Waals surface area contributed by atoms with Crippen LogP contribution in [0.2, 0.25) is 0 Å². The SMILES string of the molecule is CCOC(=O)[C@@H](CCc1ccccc1)O[C@@H]1O[C@H](COC(C)=O)[C@@H](OC(C)=O)[C@H](OC(C)=O)[C@H]1OC(C)=O. The number of esters is 5. The molecule has 1 fully saturated rings. The minimum atomic E-state index is -1.49. The average Bonchev–Trinajstić information content (AvgIpc) is 2.83. The number of benzene rings is 1. The van der Waals surface area contributed by atoms with Gasteiger partial charge in [-0.15, -0.1) is 0 Å². The van der Waals surface area contributed by atoms with Crippen molar-refractivity contribution >= 4 is 29.8 Å². The molecule has 1 aliphatic heterocycles. The van der Waals surface area contributed by atoms with E-state index < -0.39 is 73.3 Å². The minimum Gasteiger partial charge on any atom is -0.464 e. The number of carbonyl (C=O) groups is 5. The van der Waals surface area contributed by atoms with Gasteiger partial charge in [0.25, 0.3) is 0 Å². The van der Waals surface area contributed by atoms with Crippen LogP contribution in [-0.2, 0) is 63.6 Å². The van der Waals surface area contributed by atoms with Crippen LogP contribution in [0.5, 0.6) is 0 Å². The third-order valence-electron chi connectivity index (χ3n) is 5.33. The molecule has 0 unspecified atom stereocenters. The van der Waals surface area contributed by atoms with Crippen molar-refractivity contribution in [3.8, 4) is 0 Å². The smallest absolute Gasteiger partial charge is 0.335 e. The van der Waals surface area contributed by atoms with E-state index in [-0.39, 0.29) is 13.0 Å². The molecule has 12 nitrogen and oxygen atoms in total. The lowest BCUT2D eigenvalue weighted by atomic mass is 9.97. The van der Waals surface area contributed by atoms with Crippen molar-refractivity contribution < 1.29 is 57.1 Å². The van der Waals surface area contributed by atoms with Crippen molar-refractivity contribution in [2.24, 2.45) is 0 Å². The fourth-order valence-corrected chi connectivity index (χ4v) is 3.88. The molecule has 0 bridgehead atoms. The van der Waals surface area contributed by atoms with Gasteiger partial charge in [-0.3, -0.25) is 19.2 Å². The van der Waals surface area contributed by atoms with Gasteiger partial charge in [0.2, 0.25) is 0 Å². The molecular weight excluding hydrogens is 504 g/mol. The molecule has 210 valence electrons. The van der Waals surface area contributed by atoms with E-state index in [1.165, 1.54) is 6.92 Å². The van der Waals surface area contributed by atoms with Crippen molar-refractivity contribution in [3.05, 3.63) is 35.9 Å². The predicted molar refractivity (Wildman–Crippen MR) is 128 cm³/mol. The highest BCUT2D eigenvalue weighted by Crippen LogP contribution is 2.31. The number of aryl methyl sites for hydroxylation is 1. The van der Waals surface area contributed by atoms with Crippen LogP contribution in [0.1, 0.15) is 46.6 Å². The first-order valence-corrected chi connectivity index (χ1v) is 12.2. The lowest BCUT2D eigenvalue weighted by Crippen LogP contribution is -2.63. The highest BCUT2D eigenvalue weighted by atomic mass is 16.7. The Morgan fingerprint density at radius 2 is 1.37 bits per heavy atom. The van der Waals surface area contributed by atoms with Gasteiger partial charge in [-0.1, -0.05) is 30.3 Å². The molecule has 0 saturated carbocycles. The van der Waals surface area contributed by atoms with E-state index in [4.69, 9.17) is 33.2 Å². The quantitative estimate of drug-likeness (QED) is 0.281. The monoisotopic (exact) mass is 538 g/mol. The van der Waals surface area contributed by atoms with Crippen LogP contribution >= 0.6 is 0 Å². The number of rotatable bonds is 12. The van der Waals surface area contributed by atoms with Crippen molar-refractivity contribution in [1.29, 1.82) is 0 Å². The maximum atomic E-state index is 12.8. The maximum Gasteiger partial charge on any atom is 0.335 e. The molecule has 1 heterocycles. The summed E-state index contributed by atoms with van der Waals surface area (Å²) in [5.74, 6) is -3.64. The van der Waals surface area contributed by atoms with Crippen molar-refractivity contribution in [2.75, 3.05) is 13.2 Å². The average molecular weight is 539 g/mol. The van der Waals surface area contributed by atoms with Crippen LogP contribution in [-0.4, -0.2) is 79.9 Å². The Bertz CT molecular complexity index is 962. The van der Waals surface area contributed by atoms with Gasteiger partial charge < -0.3 is 33.2 Å². The first kappa shape index (κ1) is 30.7. The Morgan fingerprint density at radius 1 is 0.789 bits per heavy atom. The second-order valence-corrected chi connectivity index (χ2v) is 8.47. The van der Waals surface area contributed by atoms with E-state index in [1.54, 1.807) is 6.92 Å². The summed E-state index contributed by atoms with van der Waals surface area (Å²) < 4.78 is 38.3. The highest BCUT2D eigenvalue weighted by Gasteiger charge is 2.53. The van der Waals surface area contributed by atoms with Gasteiger partial charge in [0.05, 0.1) is 6.61 Å². The summed E-state index contributed by atoms with van der Waals surface area (Å²) in [5.41, 5.74) is 0.937. The minimum absolute atomic E-state index is 0.0859. The largest absolute Gasteiger partial charge is 0.464 e. The standard InChI is InChI=1S/C26H34O12/c1-6-32-25(31)20(13-12-19-10-8-7-9-11-19)37-26-24(36-18(5)30)23(35-17(4)29)22(34-16(3)28)21(38-26)14-33-15(2)27/h7-11,20-24,26H,6,12-14H2,1-5H3/t20-,21-,22-,23+,24-,26-/m1/s1. The molecule has 2 rings (SSSR count). The molecule has 1 aromatic rings. The van der Waals surface area contributed by atoms with E-state index in [2.05, 4.69) is 0 Å². The molecule has 12 heteroatoms. The molecule has 1 saturated heterocycles. The number of ether oxygens (including phenoxy) is 7. The molecular formula is C26H34O12. The van der Waals surface area contributed by atoms with Gasteiger partial charge >= 0.3 is 29.8 Å². The van der Waals surface area contributed by atoms with Gasteiger partial charge in [0.15, 0.2) is 30.7 Å². The molecule has 0 amide bonds. The summed E-state index contributed by atoms with van der Waals surface area (Å²) in [7, 11) is 0. The van der Waals surface area contributed by atoms with E-state index in [1.807, 2.05) is 30.3 Å². The molecule has 1 aliphatic rings. The third kappa shape index (κ3) is 9.75. The van der Waals surface area contributed by atoms with E-state index in [0.717, 1.165) is 26.3 Å². The molecule has 6 atom stereocenters. The van der Waals surface area contributed by atoms with E-state index in [9.17, 15) is 24.0 Å². The lowest BCUT2D eigenvalue weighted by molar-refractivity contribution is -0.316. The zero-order valence-electron chi connectivity index (χ0n) is 22.1. The highest BCUT2D eigenvalue weighted by molar-refractivity contribution is 5.74. The first-order valence-electron chi connectivity index (χ1n) is 12.2. The predicted octanol–water partition coefficient (Wildman–Crippen LogP) is 1.65. The second kappa shape index (κ2) is 15.0. The zero-order valence-corrected chi connectivity index (χ0v) is 22.1.